The molecule has 3 rings (SSSR count). The normalized spacial score (nSPS) is 10.5. The summed E-state index contributed by atoms with van der Waals surface area (Å²) in [5.41, 5.74) is 2.38. The molecule has 0 saturated carbocycles. The second-order valence-electron chi connectivity index (χ2n) is 4.53. The Labute approximate surface area is 120 Å². The average Bonchev–Trinajstić information content (AvgIpc) is 2.97. The van der Waals surface area contributed by atoms with E-state index >= 15 is 0 Å². The zero-order valence-electron chi connectivity index (χ0n) is 11.1. The van der Waals surface area contributed by atoms with Crippen LogP contribution in [0.3, 0.4) is 0 Å². The predicted octanol–water partition coefficient (Wildman–Crippen LogP) is 2.81. The molecule has 0 bridgehead atoms. The van der Waals surface area contributed by atoms with Crippen molar-refractivity contribution in [3.63, 3.8) is 0 Å². The van der Waals surface area contributed by atoms with E-state index < -0.39 is 5.97 Å². The van der Waals surface area contributed by atoms with Gasteiger partial charge in [-0.2, -0.15) is 4.98 Å². The third-order valence-corrected chi connectivity index (χ3v) is 2.93. The van der Waals surface area contributed by atoms with Crippen LogP contribution in [0.2, 0.25) is 0 Å². The Morgan fingerprint density at radius 3 is 2.86 bits per heavy atom. The zero-order chi connectivity index (χ0) is 14.8. The maximum Gasteiger partial charge on any atom is 0.335 e. The molecule has 0 saturated heterocycles. The highest BCUT2D eigenvalue weighted by Crippen LogP contribution is 2.22. The number of hydrogen-bond donors (Lipinski definition) is 1. The van der Waals surface area contributed by atoms with E-state index in [-0.39, 0.29) is 11.5 Å². The van der Waals surface area contributed by atoms with Crippen molar-refractivity contribution in [1.82, 2.24) is 15.1 Å². The Kier molecular flexibility index (Phi) is 3.19. The Morgan fingerprint density at radius 1 is 1.24 bits per heavy atom. The van der Waals surface area contributed by atoms with Crippen LogP contribution in [-0.2, 0) is 0 Å². The minimum Gasteiger partial charge on any atom is -0.478 e. The fourth-order valence-electron chi connectivity index (χ4n) is 1.89. The molecule has 0 amide bonds. The number of nitrogens with zero attached hydrogens (tertiary/aromatic N) is 3. The molecule has 0 radical (unpaired) electrons. The van der Waals surface area contributed by atoms with Gasteiger partial charge in [-0.1, -0.05) is 11.2 Å². The number of aryl methyl sites for hydroxylation is 1. The molecule has 0 unspecified atom stereocenters. The van der Waals surface area contributed by atoms with Crippen LogP contribution in [0, 0.1) is 6.92 Å². The molecule has 0 spiro atoms. The second kappa shape index (κ2) is 5.16. The number of hydrogen-bond acceptors (Lipinski definition) is 5. The maximum absolute atomic E-state index is 11.0. The van der Waals surface area contributed by atoms with Crippen molar-refractivity contribution in [3.8, 4) is 23.0 Å². The smallest absolute Gasteiger partial charge is 0.335 e. The Balaban J connectivity index is 1.98. The van der Waals surface area contributed by atoms with Crippen LogP contribution in [0.25, 0.3) is 23.0 Å². The number of rotatable bonds is 3. The minimum absolute atomic E-state index is 0.168. The monoisotopic (exact) mass is 281 g/mol. The summed E-state index contributed by atoms with van der Waals surface area (Å²) in [7, 11) is 0. The van der Waals surface area contributed by atoms with E-state index in [4.69, 9.17) is 9.63 Å². The van der Waals surface area contributed by atoms with Crippen LogP contribution in [0.1, 0.15) is 15.9 Å². The number of carboxylic acids is 1. The molecule has 3 aromatic rings. The van der Waals surface area contributed by atoms with Gasteiger partial charge in [-0.3, -0.25) is 4.98 Å². The average molecular weight is 281 g/mol. The van der Waals surface area contributed by atoms with Crippen LogP contribution < -0.4 is 0 Å². The molecule has 1 N–H and O–H groups in total. The number of benzene rings is 1. The molecule has 2 aromatic heterocycles. The van der Waals surface area contributed by atoms with E-state index in [1.54, 1.807) is 18.3 Å². The quantitative estimate of drug-likeness (QED) is 0.794. The topological polar surface area (TPSA) is 89.1 Å². The number of aromatic nitrogens is 3. The van der Waals surface area contributed by atoms with Crippen LogP contribution in [-0.4, -0.2) is 26.2 Å². The highest BCUT2D eigenvalue weighted by Gasteiger charge is 2.13. The minimum atomic E-state index is -1.00. The lowest BCUT2D eigenvalue weighted by atomic mass is 10.1. The van der Waals surface area contributed by atoms with Crippen molar-refractivity contribution in [1.29, 1.82) is 0 Å². The number of pyridine rings is 1. The number of carboxylic acid groups (broad SMARTS) is 1. The number of carbonyl (C=O) groups is 1. The van der Waals surface area contributed by atoms with Gasteiger partial charge in [-0.15, -0.1) is 0 Å². The summed E-state index contributed by atoms with van der Waals surface area (Å²) in [6.45, 7) is 1.95. The highest BCUT2D eigenvalue weighted by atomic mass is 16.5. The van der Waals surface area contributed by atoms with E-state index in [1.165, 1.54) is 12.1 Å². The van der Waals surface area contributed by atoms with Crippen LogP contribution in [0.4, 0.5) is 0 Å². The van der Waals surface area contributed by atoms with E-state index in [0.29, 0.717) is 17.1 Å². The van der Waals surface area contributed by atoms with Gasteiger partial charge in [0.05, 0.1) is 5.56 Å². The van der Waals surface area contributed by atoms with Crippen molar-refractivity contribution in [2.45, 2.75) is 6.92 Å². The van der Waals surface area contributed by atoms with Gasteiger partial charge in [-0.25, -0.2) is 4.79 Å². The molecular weight excluding hydrogens is 270 g/mol. The highest BCUT2D eigenvalue weighted by molar-refractivity contribution is 5.89. The van der Waals surface area contributed by atoms with Gasteiger partial charge in [0.1, 0.15) is 5.69 Å². The lowest BCUT2D eigenvalue weighted by Crippen LogP contribution is -1.95. The first-order valence-electron chi connectivity index (χ1n) is 6.24. The van der Waals surface area contributed by atoms with Gasteiger partial charge in [0.25, 0.3) is 5.89 Å². The Bertz CT molecular complexity index is 811. The molecule has 104 valence electrons. The summed E-state index contributed by atoms with van der Waals surface area (Å²) in [5.74, 6) is -0.372. The molecule has 0 aliphatic heterocycles. The first-order chi connectivity index (χ1) is 10.1. The van der Waals surface area contributed by atoms with Gasteiger partial charge >= 0.3 is 5.97 Å². The van der Waals surface area contributed by atoms with E-state index in [2.05, 4.69) is 15.1 Å². The standard InChI is InChI=1S/C15H11N3O3/c1-9-5-6-16-12(7-9)13-17-14(21-18-13)10-3-2-4-11(8-10)15(19)20/h2-8H,1H3,(H,19,20). The molecule has 0 fully saturated rings. The Hall–Kier alpha value is -3.02. The lowest BCUT2D eigenvalue weighted by molar-refractivity contribution is 0.0697. The first kappa shape index (κ1) is 13.0. The van der Waals surface area contributed by atoms with Crippen LogP contribution in [0.15, 0.2) is 47.1 Å². The summed E-state index contributed by atoms with van der Waals surface area (Å²) in [6.07, 6.45) is 1.67. The van der Waals surface area contributed by atoms with E-state index in [1.807, 2.05) is 19.1 Å². The van der Waals surface area contributed by atoms with Gasteiger partial charge in [0.2, 0.25) is 5.82 Å². The molecule has 1 aromatic carbocycles. The van der Waals surface area contributed by atoms with Gasteiger partial charge in [0, 0.05) is 11.8 Å². The summed E-state index contributed by atoms with van der Waals surface area (Å²) in [4.78, 5) is 19.4. The van der Waals surface area contributed by atoms with Crippen LogP contribution in [0.5, 0.6) is 0 Å². The molecule has 0 atom stereocenters. The molecular formula is C15H11N3O3. The van der Waals surface area contributed by atoms with Crippen molar-refractivity contribution >= 4 is 5.97 Å². The molecule has 0 aliphatic rings. The molecule has 6 heteroatoms. The predicted molar refractivity (Wildman–Crippen MR) is 74.7 cm³/mol. The summed E-state index contributed by atoms with van der Waals surface area (Å²) in [6, 6.07) is 10.1. The number of aromatic carboxylic acids is 1. The largest absolute Gasteiger partial charge is 0.478 e. The van der Waals surface area contributed by atoms with Gasteiger partial charge < -0.3 is 9.63 Å². The van der Waals surface area contributed by atoms with Crippen molar-refractivity contribution in [2.24, 2.45) is 0 Å². The summed E-state index contributed by atoms with van der Waals surface area (Å²) >= 11 is 0. The van der Waals surface area contributed by atoms with Gasteiger partial charge in [0.15, 0.2) is 0 Å². The third kappa shape index (κ3) is 2.64. The zero-order valence-corrected chi connectivity index (χ0v) is 11.1. The van der Waals surface area contributed by atoms with E-state index in [0.717, 1.165) is 5.56 Å². The van der Waals surface area contributed by atoms with Crippen molar-refractivity contribution in [3.05, 3.63) is 53.7 Å². The fraction of sp³-hybridized carbons (Fsp3) is 0.0667. The summed E-state index contributed by atoms with van der Waals surface area (Å²) in [5, 5.41) is 12.9. The van der Waals surface area contributed by atoms with Crippen molar-refractivity contribution < 1.29 is 14.4 Å². The van der Waals surface area contributed by atoms with Crippen molar-refractivity contribution in [2.75, 3.05) is 0 Å². The Morgan fingerprint density at radius 2 is 2.10 bits per heavy atom. The van der Waals surface area contributed by atoms with Gasteiger partial charge in [-0.05, 0) is 42.8 Å². The fourth-order valence-corrected chi connectivity index (χ4v) is 1.89. The third-order valence-electron chi connectivity index (χ3n) is 2.93. The van der Waals surface area contributed by atoms with E-state index in [9.17, 15) is 4.79 Å². The molecule has 0 aliphatic carbocycles. The molecule has 2 heterocycles. The first-order valence-corrected chi connectivity index (χ1v) is 6.24. The van der Waals surface area contributed by atoms with Crippen LogP contribution >= 0.6 is 0 Å². The SMILES string of the molecule is Cc1ccnc(-c2noc(-c3cccc(C(=O)O)c3)n2)c1. The maximum atomic E-state index is 11.0. The lowest BCUT2D eigenvalue weighted by Gasteiger charge is -1.97. The second-order valence-corrected chi connectivity index (χ2v) is 4.53. The summed E-state index contributed by atoms with van der Waals surface area (Å²) < 4.78 is 5.19. The molecule has 21 heavy (non-hydrogen) atoms. The molecule has 6 nitrogen and oxygen atoms in total.